The highest BCUT2D eigenvalue weighted by molar-refractivity contribution is 8.01. The molecule has 0 bridgehead atoms. The van der Waals surface area contributed by atoms with Crippen molar-refractivity contribution in [2.24, 2.45) is 5.92 Å². The molecular formula is C19H26O2S. The van der Waals surface area contributed by atoms with Crippen LogP contribution >= 0.6 is 11.8 Å². The summed E-state index contributed by atoms with van der Waals surface area (Å²) < 4.78 is 0. The van der Waals surface area contributed by atoms with Gasteiger partial charge in [0, 0.05) is 16.1 Å². The summed E-state index contributed by atoms with van der Waals surface area (Å²) in [5, 5.41) is 0.611. The molecule has 0 spiro atoms. The Bertz CT molecular complexity index is 472. The van der Waals surface area contributed by atoms with Gasteiger partial charge in [-0.1, -0.05) is 38.2 Å². The van der Waals surface area contributed by atoms with Gasteiger partial charge in [-0.05, 0) is 18.4 Å². The zero-order chi connectivity index (χ0) is 17.1. The molecule has 0 saturated carbocycles. The minimum atomic E-state index is -0.0563. The molecule has 0 aromatic carbocycles. The van der Waals surface area contributed by atoms with E-state index in [0.717, 1.165) is 30.3 Å². The molecule has 2 aliphatic carbocycles. The van der Waals surface area contributed by atoms with Crippen LogP contribution in [0, 0.1) is 5.92 Å². The molecule has 3 unspecified atom stereocenters. The van der Waals surface area contributed by atoms with E-state index >= 15 is 0 Å². The van der Waals surface area contributed by atoms with Crippen LogP contribution in [-0.2, 0) is 9.59 Å². The van der Waals surface area contributed by atoms with E-state index in [2.05, 4.69) is 32.4 Å². The van der Waals surface area contributed by atoms with Crippen LogP contribution in [0.25, 0.3) is 0 Å². The van der Waals surface area contributed by atoms with Crippen LogP contribution in [0.3, 0.4) is 0 Å². The molecule has 3 heteroatoms. The molecule has 3 atom stereocenters. The Hall–Kier alpha value is -1.61. The van der Waals surface area contributed by atoms with Crippen LogP contribution in [0.2, 0.25) is 0 Å². The van der Waals surface area contributed by atoms with Crippen molar-refractivity contribution in [2.45, 2.75) is 37.2 Å². The van der Waals surface area contributed by atoms with E-state index in [0.29, 0.717) is 10.5 Å². The maximum Gasteiger partial charge on any atom is 0.167 e. The summed E-state index contributed by atoms with van der Waals surface area (Å²) in [6.45, 7) is 16.0. The lowest BCUT2D eigenvalue weighted by molar-refractivity contribution is -0.118. The van der Waals surface area contributed by atoms with Crippen molar-refractivity contribution in [1.29, 1.82) is 0 Å². The van der Waals surface area contributed by atoms with E-state index in [1.54, 1.807) is 0 Å². The fourth-order valence-electron chi connectivity index (χ4n) is 2.61. The van der Waals surface area contributed by atoms with E-state index in [-0.39, 0.29) is 11.7 Å². The Morgan fingerprint density at radius 1 is 1.23 bits per heavy atom. The molecule has 2 nitrogen and oxygen atoms in total. The second-order valence-electron chi connectivity index (χ2n) is 4.40. The van der Waals surface area contributed by atoms with Crippen LogP contribution in [0.1, 0.15) is 26.7 Å². The number of thioether (sulfide) groups is 1. The lowest BCUT2D eigenvalue weighted by Crippen LogP contribution is -2.34. The smallest absolute Gasteiger partial charge is 0.167 e. The second kappa shape index (κ2) is 11.0. The first kappa shape index (κ1) is 20.4. The summed E-state index contributed by atoms with van der Waals surface area (Å²) >= 11 is 1.86. The number of allylic oxidation sites excluding steroid dienone is 5. The summed E-state index contributed by atoms with van der Waals surface area (Å²) in [7, 11) is 0. The van der Waals surface area contributed by atoms with Gasteiger partial charge in [0.1, 0.15) is 6.29 Å². The zero-order valence-electron chi connectivity index (χ0n) is 13.6. The number of hydrogen-bond donors (Lipinski definition) is 0. The number of ketones is 1. The third-order valence-corrected chi connectivity index (χ3v) is 5.00. The third-order valence-electron chi connectivity index (χ3n) is 3.42. The van der Waals surface area contributed by atoms with Gasteiger partial charge in [0.2, 0.25) is 0 Å². The van der Waals surface area contributed by atoms with Gasteiger partial charge in [0.15, 0.2) is 5.78 Å². The van der Waals surface area contributed by atoms with Crippen molar-refractivity contribution < 1.29 is 9.59 Å². The molecule has 0 amide bonds. The molecule has 1 saturated heterocycles. The molecule has 0 aromatic heterocycles. The van der Waals surface area contributed by atoms with Crippen LogP contribution in [0.15, 0.2) is 61.8 Å². The van der Waals surface area contributed by atoms with Crippen molar-refractivity contribution in [3.8, 4) is 0 Å². The van der Waals surface area contributed by atoms with Gasteiger partial charge in [-0.15, -0.1) is 38.1 Å². The predicted molar refractivity (Wildman–Crippen MR) is 98.1 cm³/mol. The molecule has 1 fully saturated rings. The molecular weight excluding hydrogens is 292 g/mol. The molecule has 120 valence electrons. The number of Topliss-reactive ketones (excluding diaryl/α,β-unsaturated/α-hetero) is 1. The van der Waals surface area contributed by atoms with Crippen molar-refractivity contribution in [1.82, 2.24) is 0 Å². The predicted octanol–water partition coefficient (Wildman–Crippen LogP) is 4.70. The van der Waals surface area contributed by atoms with Gasteiger partial charge in [-0.3, -0.25) is 9.59 Å². The number of carbonyl (C=O) groups excluding carboxylic acids is 2. The van der Waals surface area contributed by atoms with E-state index in [1.807, 2.05) is 43.8 Å². The minimum Gasteiger partial charge on any atom is -0.298 e. The summed E-state index contributed by atoms with van der Waals surface area (Å²) in [6.07, 6.45) is 10.5. The first-order chi connectivity index (χ1) is 10.8. The Morgan fingerprint density at radius 3 is 2.45 bits per heavy atom. The normalized spacial score (nSPS) is 27.0. The van der Waals surface area contributed by atoms with Crippen LogP contribution < -0.4 is 0 Å². The van der Waals surface area contributed by atoms with Crippen LogP contribution in [0.4, 0.5) is 0 Å². The highest BCUT2D eigenvalue weighted by atomic mass is 32.2. The fraction of sp³-hybridized carbons (Fsp3) is 0.368. The summed E-state index contributed by atoms with van der Waals surface area (Å²) in [5.41, 5.74) is 1.74. The number of rotatable bonds is 1. The first-order valence-electron chi connectivity index (χ1n) is 7.52. The number of fused-ring (bicyclic) bond motifs is 2. The van der Waals surface area contributed by atoms with E-state index in [4.69, 9.17) is 0 Å². The van der Waals surface area contributed by atoms with Crippen molar-refractivity contribution >= 4 is 23.8 Å². The molecule has 0 N–H and O–H groups in total. The summed E-state index contributed by atoms with van der Waals surface area (Å²) in [4.78, 5) is 23.0. The maximum atomic E-state index is 12.2. The third kappa shape index (κ3) is 4.44. The fourth-order valence-corrected chi connectivity index (χ4v) is 4.26. The number of carbonyl (C=O) groups is 2. The van der Waals surface area contributed by atoms with E-state index in [9.17, 15) is 9.59 Å². The lowest BCUT2D eigenvalue weighted by Gasteiger charge is -2.33. The molecule has 0 radical (unpaired) electrons. The quantitative estimate of drug-likeness (QED) is 0.519. The highest BCUT2D eigenvalue weighted by Crippen LogP contribution is 2.46. The summed E-state index contributed by atoms with van der Waals surface area (Å²) in [5.74, 6) is 0.175. The zero-order valence-corrected chi connectivity index (χ0v) is 14.4. The molecule has 1 heterocycles. The molecule has 0 aromatic rings. The van der Waals surface area contributed by atoms with Gasteiger partial charge in [0.25, 0.3) is 0 Å². The van der Waals surface area contributed by atoms with Crippen molar-refractivity contribution in [3.05, 3.63) is 61.8 Å². The number of hydrogen-bond acceptors (Lipinski definition) is 3. The average Bonchev–Trinajstić information content (AvgIpc) is 3.04. The van der Waals surface area contributed by atoms with Gasteiger partial charge >= 0.3 is 0 Å². The Labute approximate surface area is 138 Å². The van der Waals surface area contributed by atoms with Gasteiger partial charge in [-0.2, -0.15) is 0 Å². The van der Waals surface area contributed by atoms with E-state index in [1.165, 1.54) is 0 Å². The average molecular weight is 318 g/mol. The van der Waals surface area contributed by atoms with Crippen LogP contribution in [0.5, 0.6) is 0 Å². The highest BCUT2D eigenvalue weighted by Gasteiger charge is 2.42. The molecule has 1 aliphatic heterocycles. The van der Waals surface area contributed by atoms with E-state index < -0.39 is 0 Å². The van der Waals surface area contributed by atoms with Crippen molar-refractivity contribution in [3.63, 3.8) is 0 Å². The Kier molecular flexibility index (Phi) is 10.2. The first-order valence-corrected chi connectivity index (χ1v) is 8.46. The maximum absolute atomic E-state index is 12.2. The Morgan fingerprint density at radius 2 is 1.86 bits per heavy atom. The largest absolute Gasteiger partial charge is 0.298 e. The molecule has 3 aliphatic rings. The standard InChI is InChI=1S/C13H12O2S.C2H6.2C2H4/c14-7-8-5-10-12(6-8)16-11-4-2-1-3-9(11)13(10)15;3*1-2/h1-3,5,7,10-12H,4,6H2;1-2H3;2*1-2H2. The van der Waals surface area contributed by atoms with Gasteiger partial charge in [0.05, 0.1) is 5.92 Å². The molecule has 22 heavy (non-hydrogen) atoms. The second-order valence-corrected chi connectivity index (χ2v) is 5.85. The van der Waals surface area contributed by atoms with Crippen molar-refractivity contribution in [2.75, 3.05) is 0 Å². The lowest BCUT2D eigenvalue weighted by atomic mass is 9.90. The van der Waals surface area contributed by atoms with Gasteiger partial charge in [-0.25, -0.2) is 0 Å². The minimum absolute atomic E-state index is 0.0563. The Balaban J connectivity index is 0.000000661. The summed E-state index contributed by atoms with van der Waals surface area (Å²) in [6, 6.07) is 0. The molecule has 3 rings (SSSR count). The topological polar surface area (TPSA) is 34.1 Å². The monoisotopic (exact) mass is 318 g/mol. The van der Waals surface area contributed by atoms with Crippen LogP contribution in [-0.4, -0.2) is 22.6 Å². The number of aldehydes is 1. The SMILES string of the molecule is C=C.C=C.CC.O=CC1=CC2C(=O)C3=CC=CCC3SC2C1. The van der Waals surface area contributed by atoms with Gasteiger partial charge < -0.3 is 0 Å².